The Bertz CT molecular complexity index is 375. The van der Waals surface area contributed by atoms with Crippen LogP contribution in [0.25, 0.3) is 0 Å². The molecule has 1 nitrogen and oxygen atoms in total. The topological polar surface area (TPSA) is 3.24 Å². The van der Waals surface area contributed by atoms with Gasteiger partial charge in [0, 0.05) is 24.0 Å². The number of halogens is 3. The molecule has 1 atom stereocenters. The first-order valence-corrected chi connectivity index (χ1v) is 6.98. The van der Waals surface area contributed by atoms with Gasteiger partial charge in [-0.15, -0.1) is 11.6 Å². The molecule has 0 bridgehead atoms. The molecule has 0 N–H and O–H groups in total. The van der Waals surface area contributed by atoms with Gasteiger partial charge in [0.05, 0.1) is 0 Å². The molecule has 0 spiro atoms. The van der Waals surface area contributed by atoms with Crippen LogP contribution >= 0.6 is 11.6 Å². The van der Waals surface area contributed by atoms with Crippen LogP contribution in [-0.2, 0) is 6.54 Å². The monoisotopic (exact) mass is 273 g/mol. The first kappa shape index (κ1) is 13.8. The Morgan fingerprint density at radius 2 is 1.94 bits per heavy atom. The van der Waals surface area contributed by atoms with E-state index in [1.807, 2.05) is 0 Å². The molecule has 1 saturated heterocycles. The molecule has 0 aromatic heterocycles. The van der Waals surface area contributed by atoms with Crippen LogP contribution in [0.2, 0.25) is 0 Å². The summed E-state index contributed by atoms with van der Waals surface area (Å²) in [6.07, 6.45) is 4.23. The van der Waals surface area contributed by atoms with Crippen LogP contribution in [0.3, 0.4) is 0 Å². The minimum atomic E-state index is -0.454. The molecule has 0 radical (unpaired) electrons. The van der Waals surface area contributed by atoms with Gasteiger partial charge in [-0.05, 0) is 37.9 Å². The Labute approximate surface area is 112 Å². The average Bonchev–Trinajstić information content (AvgIpc) is 2.36. The van der Waals surface area contributed by atoms with E-state index in [4.69, 9.17) is 11.6 Å². The van der Waals surface area contributed by atoms with Gasteiger partial charge in [-0.1, -0.05) is 12.5 Å². The van der Waals surface area contributed by atoms with Crippen molar-refractivity contribution in [1.29, 1.82) is 0 Å². The van der Waals surface area contributed by atoms with Gasteiger partial charge in [0.1, 0.15) is 11.6 Å². The summed E-state index contributed by atoms with van der Waals surface area (Å²) in [5.74, 6) is -0.309. The Kier molecular flexibility index (Phi) is 4.95. The molecule has 0 aliphatic carbocycles. The summed E-state index contributed by atoms with van der Waals surface area (Å²) in [6.45, 7) is 1.25. The molecule has 1 aliphatic heterocycles. The van der Waals surface area contributed by atoms with Gasteiger partial charge in [0.15, 0.2) is 0 Å². The number of nitrogens with zero attached hydrogens (tertiary/aromatic N) is 1. The first-order chi connectivity index (χ1) is 8.72. The quantitative estimate of drug-likeness (QED) is 0.751. The van der Waals surface area contributed by atoms with Crippen molar-refractivity contribution in [2.45, 2.75) is 38.3 Å². The lowest BCUT2D eigenvalue weighted by molar-refractivity contribution is 0.133. The summed E-state index contributed by atoms with van der Waals surface area (Å²) >= 11 is 5.79. The van der Waals surface area contributed by atoms with Crippen LogP contribution in [0.1, 0.15) is 31.2 Å². The molecule has 1 fully saturated rings. The fourth-order valence-corrected chi connectivity index (χ4v) is 2.86. The van der Waals surface area contributed by atoms with Crippen molar-refractivity contribution >= 4 is 11.6 Å². The second kappa shape index (κ2) is 6.48. The number of rotatable bonds is 4. The Morgan fingerprint density at radius 1 is 1.22 bits per heavy atom. The van der Waals surface area contributed by atoms with Gasteiger partial charge in [0.2, 0.25) is 0 Å². The average molecular weight is 274 g/mol. The second-order valence-corrected chi connectivity index (χ2v) is 5.18. The fraction of sp³-hybridized carbons (Fsp3) is 0.571. The lowest BCUT2D eigenvalue weighted by Gasteiger charge is -2.35. The molecule has 1 unspecified atom stereocenters. The summed E-state index contributed by atoms with van der Waals surface area (Å²) < 4.78 is 27.3. The molecule has 1 aromatic rings. The van der Waals surface area contributed by atoms with E-state index in [0.29, 0.717) is 18.5 Å². The third kappa shape index (κ3) is 3.21. The molecule has 4 heteroatoms. The Morgan fingerprint density at radius 3 is 2.61 bits per heavy atom. The van der Waals surface area contributed by atoms with Crippen LogP contribution in [0.5, 0.6) is 0 Å². The summed E-state index contributed by atoms with van der Waals surface area (Å²) in [6, 6.07) is 4.40. The molecular weight excluding hydrogens is 256 g/mol. The maximum absolute atomic E-state index is 13.6. The zero-order valence-electron chi connectivity index (χ0n) is 10.3. The predicted molar refractivity (Wildman–Crippen MR) is 69.7 cm³/mol. The van der Waals surface area contributed by atoms with E-state index in [9.17, 15) is 8.78 Å². The fourth-order valence-electron chi connectivity index (χ4n) is 2.61. The maximum atomic E-state index is 13.6. The van der Waals surface area contributed by atoms with E-state index >= 15 is 0 Å². The van der Waals surface area contributed by atoms with Crippen molar-refractivity contribution in [2.75, 3.05) is 12.4 Å². The van der Waals surface area contributed by atoms with E-state index in [1.165, 1.54) is 24.6 Å². The smallest absolute Gasteiger partial charge is 0.130 e. The van der Waals surface area contributed by atoms with E-state index in [0.717, 1.165) is 25.8 Å². The highest BCUT2D eigenvalue weighted by Gasteiger charge is 2.23. The largest absolute Gasteiger partial charge is 0.296 e. The van der Waals surface area contributed by atoms with Gasteiger partial charge < -0.3 is 0 Å². The Hall–Kier alpha value is -0.670. The maximum Gasteiger partial charge on any atom is 0.130 e. The van der Waals surface area contributed by atoms with Gasteiger partial charge in [0.25, 0.3) is 0 Å². The van der Waals surface area contributed by atoms with Gasteiger partial charge in [-0.25, -0.2) is 8.78 Å². The van der Waals surface area contributed by atoms with E-state index < -0.39 is 11.6 Å². The molecular formula is C14H18ClF2N. The summed E-state index contributed by atoms with van der Waals surface area (Å²) in [5.41, 5.74) is 0.180. The standard InChI is InChI=1S/C14H18ClF2N/c15-8-7-11-4-1-2-9-18(11)10-12-13(16)5-3-6-14(12)17/h3,5-6,11H,1-2,4,7-10H2. The minimum Gasteiger partial charge on any atom is -0.296 e. The first-order valence-electron chi connectivity index (χ1n) is 6.45. The summed E-state index contributed by atoms with van der Waals surface area (Å²) in [5, 5.41) is 0. The lowest BCUT2D eigenvalue weighted by Crippen LogP contribution is -2.39. The highest BCUT2D eigenvalue weighted by atomic mass is 35.5. The molecule has 0 saturated carbocycles. The number of hydrogen-bond acceptors (Lipinski definition) is 1. The number of hydrogen-bond donors (Lipinski definition) is 0. The molecule has 2 rings (SSSR count). The zero-order chi connectivity index (χ0) is 13.0. The number of alkyl halides is 1. The molecule has 18 heavy (non-hydrogen) atoms. The van der Waals surface area contributed by atoms with Crippen molar-refractivity contribution in [3.8, 4) is 0 Å². The number of likely N-dealkylation sites (tertiary alicyclic amines) is 1. The van der Waals surface area contributed by atoms with Gasteiger partial charge in [-0.2, -0.15) is 0 Å². The highest BCUT2D eigenvalue weighted by Crippen LogP contribution is 2.24. The van der Waals surface area contributed by atoms with Crippen molar-refractivity contribution in [2.24, 2.45) is 0 Å². The highest BCUT2D eigenvalue weighted by molar-refractivity contribution is 6.17. The minimum absolute atomic E-state index is 0.180. The third-order valence-corrected chi connectivity index (χ3v) is 3.83. The molecule has 100 valence electrons. The normalized spacial score (nSPS) is 21.2. The van der Waals surface area contributed by atoms with E-state index in [2.05, 4.69) is 4.90 Å². The third-order valence-electron chi connectivity index (χ3n) is 3.61. The molecule has 1 aromatic carbocycles. The summed E-state index contributed by atoms with van der Waals surface area (Å²) in [4.78, 5) is 2.16. The molecule has 1 aliphatic rings. The van der Waals surface area contributed by atoms with Crippen molar-refractivity contribution < 1.29 is 8.78 Å². The van der Waals surface area contributed by atoms with Crippen LogP contribution in [0.4, 0.5) is 8.78 Å². The zero-order valence-corrected chi connectivity index (χ0v) is 11.1. The van der Waals surface area contributed by atoms with Crippen LogP contribution in [0.15, 0.2) is 18.2 Å². The van der Waals surface area contributed by atoms with Crippen LogP contribution in [0, 0.1) is 11.6 Å². The SMILES string of the molecule is Fc1cccc(F)c1CN1CCCCC1CCCl. The summed E-state index contributed by atoms with van der Waals surface area (Å²) in [7, 11) is 0. The second-order valence-electron chi connectivity index (χ2n) is 4.80. The van der Waals surface area contributed by atoms with Crippen molar-refractivity contribution in [3.05, 3.63) is 35.4 Å². The van der Waals surface area contributed by atoms with Crippen LogP contribution in [-0.4, -0.2) is 23.4 Å². The number of benzene rings is 1. The van der Waals surface area contributed by atoms with Crippen molar-refractivity contribution in [1.82, 2.24) is 4.90 Å². The predicted octanol–water partition coefficient (Wildman–Crippen LogP) is 3.95. The lowest BCUT2D eigenvalue weighted by atomic mass is 9.99. The number of piperidine rings is 1. The molecule has 0 amide bonds. The van der Waals surface area contributed by atoms with E-state index in [1.54, 1.807) is 0 Å². The van der Waals surface area contributed by atoms with Crippen LogP contribution < -0.4 is 0 Å². The van der Waals surface area contributed by atoms with Crippen molar-refractivity contribution in [3.63, 3.8) is 0 Å². The molecule has 1 heterocycles. The van der Waals surface area contributed by atoms with Gasteiger partial charge >= 0.3 is 0 Å². The van der Waals surface area contributed by atoms with E-state index in [-0.39, 0.29) is 5.56 Å². The van der Waals surface area contributed by atoms with Gasteiger partial charge in [-0.3, -0.25) is 4.90 Å². The Balaban J connectivity index is 2.11.